The van der Waals surface area contributed by atoms with Crippen LogP contribution < -0.4 is 52.6 Å². The molecule has 0 fully saturated rings. The number of amides is 2. The second-order valence-electron chi connectivity index (χ2n) is 27.4. The van der Waals surface area contributed by atoms with Gasteiger partial charge in [0.15, 0.2) is 0 Å². The molecule has 0 aliphatic heterocycles. The van der Waals surface area contributed by atoms with Gasteiger partial charge in [0.2, 0.25) is 11.8 Å². The summed E-state index contributed by atoms with van der Waals surface area (Å²) in [5, 5.41) is 6.46. The van der Waals surface area contributed by atoms with Crippen LogP contribution in [0.5, 0.6) is 0 Å². The van der Waals surface area contributed by atoms with Crippen molar-refractivity contribution >= 4 is 18.3 Å². The number of benzene rings is 6. The third kappa shape index (κ3) is 40.9. The quantitative estimate of drug-likeness (QED) is 0.0242. The normalized spacial score (nSPS) is 12.9. The molecule has 0 aliphatic carbocycles. The van der Waals surface area contributed by atoms with Crippen LogP contribution in [0.3, 0.4) is 0 Å². The molecule has 6 aromatic rings. The Hall–Kier alpha value is -5.81. The van der Waals surface area contributed by atoms with E-state index in [2.05, 4.69) is 213 Å². The van der Waals surface area contributed by atoms with Crippen molar-refractivity contribution in [2.75, 3.05) is 19.6 Å². The second kappa shape index (κ2) is 52.5. The molecule has 2 amide bonds. The molecule has 6 aromatic carbocycles. The minimum Gasteiger partial charge on any atom is -1.00 e. The third-order valence-electron chi connectivity index (χ3n) is 18.7. The Balaban J connectivity index is 0.000000648. The van der Waals surface area contributed by atoms with Crippen LogP contribution >= 0.6 is 0 Å². The van der Waals surface area contributed by atoms with Crippen molar-refractivity contribution in [2.24, 2.45) is 59.0 Å². The molecule has 0 bridgehead atoms. The smallest absolute Gasteiger partial charge is 0.293 e. The number of quaternary nitrogens is 2. The molecule has 9 nitrogen and oxygen atoms in total. The van der Waals surface area contributed by atoms with Crippen LogP contribution in [-0.2, 0) is 57.6 Å². The largest absolute Gasteiger partial charge is 1.00 e. The second-order valence-corrected chi connectivity index (χ2v) is 27.4. The number of nitrogens with one attached hydrogen (secondary N) is 2. The van der Waals surface area contributed by atoms with Crippen LogP contribution in [0.15, 0.2) is 182 Å². The highest BCUT2D eigenvalue weighted by molar-refractivity contribution is 5.79. The highest BCUT2D eigenvalue weighted by Gasteiger charge is 2.23. The lowest BCUT2D eigenvalue weighted by Gasteiger charge is -2.21. The number of rotatable bonds is 39. The van der Waals surface area contributed by atoms with Gasteiger partial charge in [0.1, 0.15) is 12.1 Å². The van der Waals surface area contributed by atoms with Gasteiger partial charge >= 0.3 is 0 Å². The summed E-state index contributed by atoms with van der Waals surface area (Å²) in [7, 11) is 0. The maximum absolute atomic E-state index is 13.0. The van der Waals surface area contributed by atoms with Gasteiger partial charge in [-0.25, -0.2) is 0 Å². The van der Waals surface area contributed by atoms with Crippen molar-refractivity contribution < 1.29 is 55.4 Å². The van der Waals surface area contributed by atoms with E-state index < -0.39 is 0 Å². The van der Waals surface area contributed by atoms with Gasteiger partial charge in [0.25, 0.3) is 6.47 Å². The van der Waals surface area contributed by atoms with Gasteiger partial charge in [-0.2, -0.15) is 0 Å². The van der Waals surface area contributed by atoms with E-state index in [9.17, 15) is 14.4 Å². The average molecular weight is 1320 g/mol. The maximum atomic E-state index is 13.0. The summed E-state index contributed by atoms with van der Waals surface area (Å²) < 4.78 is 5.20. The Labute approximate surface area is 578 Å². The molecule has 0 aliphatic rings. The Morgan fingerprint density at radius 2 is 0.677 bits per heavy atom. The van der Waals surface area contributed by atoms with E-state index in [1.807, 2.05) is 60.7 Å². The fourth-order valence-corrected chi connectivity index (χ4v) is 10.7. The molecule has 0 saturated carbocycles. The van der Waals surface area contributed by atoms with Gasteiger partial charge < -0.3 is 57.4 Å². The zero-order valence-corrected chi connectivity index (χ0v) is 60.6. The molecule has 0 radical (unpaired) electrons. The molecule has 3 unspecified atom stereocenters. The van der Waals surface area contributed by atoms with Crippen molar-refractivity contribution in [3.05, 3.63) is 215 Å². The van der Waals surface area contributed by atoms with Crippen molar-refractivity contribution in [3.8, 4) is 0 Å². The lowest BCUT2D eigenvalue weighted by Crippen LogP contribution is -3.00. The first-order valence-electron chi connectivity index (χ1n) is 35.1. The predicted octanol–water partition coefficient (Wildman–Crippen LogP) is 9.79. The minimum atomic E-state index is -0.00656. The predicted molar refractivity (Wildman–Crippen MR) is 384 cm³/mol. The molecule has 0 heterocycles. The zero-order valence-electron chi connectivity index (χ0n) is 59.1. The number of aryl methyl sites for hydroxylation is 6. The van der Waals surface area contributed by atoms with Crippen LogP contribution in [0.1, 0.15) is 180 Å². The van der Waals surface area contributed by atoms with Gasteiger partial charge in [0, 0.05) is 37.1 Å². The first-order valence-corrected chi connectivity index (χ1v) is 35.1. The molecule has 6 atom stereocenters. The lowest BCUT2D eigenvalue weighted by molar-refractivity contribution is -0.445. The van der Waals surface area contributed by atoms with Crippen LogP contribution in [0.25, 0.3) is 0 Å². The molecule has 516 valence electrons. The van der Waals surface area contributed by atoms with E-state index in [-0.39, 0.29) is 60.6 Å². The Kier molecular flexibility index (Phi) is 48.1. The first-order chi connectivity index (χ1) is 43.9. The topological polar surface area (TPSA) is 166 Å². The molecule has 0 aromatic heterocycles. The molecular formula is C82H125Cl2N5O4. The highest BCUT2D eigenvalue weighted by Crippen LogP contribution is 2.23. The molecular weight excluding hydrogens is 1190 g/mol. The molecule has 11 heteroatoms. The fourth-order valence-electron chi connectivity index (χ4n) is 10.7. The van der Waals surface area contributed by atoms with Crippen molar-refractivity contribution in [2.45, 2.75) is 203 Å². The van der Waals surface area contributed by atoms with Gasteiger partial charge in [-0.05, 0) is 165 Å². The monoisotopic (exact) mass is 1310 g/mol. The summed E-state index contributed by atoms with van der Waals surface area (Å²) in [5.41, 5.74) is 21.8. The molecule has 0 saturated heterocycles. The summed E-state index contributed by atoms with van der Waals surface area (Å²) in [5.74, 6) is 5.45. The van der Waals surface area contributed by atoms with E-state index in [1.165, 1.54) is 59.1 Å². The summed E-state index contributed by atoms with van der Waals surface area (Å²) >= 11 is 0. The number of hydrogen-bond donors (Lipinski definition) is 5. The maximum Gasteiger partial charge on any atom is 0.293 e. The van der Waals surface area contributed by atoms with E-state index in [4.69, 9.17) is 10.5 Å². The molecule has 0 spiro atoms. The van der Waals surface area contributed by atoms with Crippen LogP contribution in [0.2, 0.25) is 0 Å². The number of nitrogens with two attached hydrogens (primary N) is 1. The number of carbonyl (C=O) groups excluding carboxylic acids is 3. The van der Waals surface area contributed by atoms with Crippen molar-refractivity contribution in [1.29, 1.82) is 0 Å². The number of carbonyl (C=O) groups is 3. The average Bonchev–Trinajstić information content (AvgIpc) is 3.16. The van der Waals surface area contributed by atoms with Gasteiger partial charge in [-0.15, -0.1) is 0 Å². The Morgan fingerprint density at radius 3 is 0.957 bits per heavy atom. The van der Waals surface area contributed by atoms with Gasteiger partial charge in [0.05, 0.1) is 12.6 Å². The van der Waals surface area contributed by atoms with Crippen molar-refractivity contribution in [3.63, 3.8) is 0 Å². The van der Waals surface area contributed by atoms with Crippen LogP contribution in [0, 0.1) is 53.3 Å². The van der Waals surface area contributed by atoms with Crippen molar-refractivity contribution in [1.82, 2.24) is 10.6 Å². The van der Waals surface area contributed by atoms with Crippen LogP contribution in [-0.4, -0.2) is 56.1 Å². The first kappa shape index (κ1) is 85.2. The number of halogens is 2. The van der Waals surface area contributed by atoms with Crippen LogP contribution in [0.4, 0.5) is 0 Å². The Bertz CT molecular complexity index is 2450. The summed E-state index contributed by atoms with van der Waals surface area (Å²) in [6, 6.07) is 63.2. The fraction of sp³-hybridized carbons (Fsp3) is 0.524. The number of hydrogen-bond acceptors (Lipinski definition) is 5. The zero-order chi connectivity index (χ0) is 66.4. The third-order valence-corrected chi connectivity index (χ3v) is 18.7. The molecule has 93 heavy (non-hydrogen) atoms. The molecule has 6 rings (SSSR count). The standard InChI is InChI=1S/C28H41NO.C26H39N3O.C18H20O2.C10H23N.2ClH/c1-22(2)24(4)16-15-23(3)21-29-28(30)27(19-17-25-11-7-5-8-12-25)20-18-26-13-9-6-10-14-26;1-20(2)25(28)18-17-24(27)19-29-26(30)23(15-13-21-9-5-3-6-10-21)16-14-22-11-7-4-8-12-22;19-15-20-18(13-11-16-7-3-1-4-8-16)14-12-17-9-5-2-6-10-17;1-8(2)10(4)6-5-9(3)7-11;;/h5-14,22-24,27H,15-21H2,1-4H3,(H,29,30);3-12,20,23-25H,13-19,27-28H2,1-2H3,(H,29,30);1-10,15,18H,11-14H2;8-10H,5-7,11H2,1-4H3;2*1H/t23-,24?;24-,25?;;9-,10?;;/m00.0../s1. The van der Waals surface area contributed by atoms with E-state index in [0.29, 0.717) is 36.8 Å². The Morgan fingerprint density at radius 1 is 0.387 bits per heavy atom. The highest BCUT2D eigenvalue weighted by atomic mass is 35.5. The summed E-state index contributed by atoms with van der Waals surface area (Å²) in [6.07, 6.45) is 18.0. The van der Waals surface area contributed by atoms with Gasteiger partial charge in [-0.3, -0.25) is 14.4 Å². The summed E-state index contributed by atoms with van der Waals surface area (Å²) in [6.45, 7) is 25.6. The van der Waals surface area contributed by atoms with E-state index in [0.717, 1.165) is 127 Å². The number of ether oxygens (including phenoxy) is 1. The van der Waals surface area contributed by atoms with E-state index >= 15 is 0 Å². The molecule has 10 N–H and O–H groups in total. The SMILES string of the molecule is CC(C)C(C)CC[C@H](C)CN.CC(C)C(C)CC[C@H](C)CNC(=O)C(CCc1ccccc1)CCc1ccccc1.CC(C)C([NH3+])CC[C@H]([NH3+])CNC(=O)C(CCc1ccccc1)CCc1ccccc1.O=COC(CCc1ccccc1)CCc1ccccc1.[Cl-].[Cl-]. The van der Waals surface area contributed by atoms with Gasteiger partial charge in [-0.1, -0.05) is 264 Å². The summed E-state index contributed by atoms with van der Waals surface area (Å²) in [4.78, 5) is 36.6. The lowest BCUT2D eigenvalue weighted by atomic mass is 9.89. The van der Waals surface area contributed by atoms with E-state index in [1.54, 1.807) is 0 Å². The minimum absolute atomic E-state index is 0.